The molecule has 0 spiro atoms. The van der Waals surface area contributed by atoms with Crippen molar-refractivity contribution in [2.24, 2.45) is 11.3 Å². The van der Waals surface area contributed by atoms with Gasteiger partial charge in [0.1, 0.15) is 5.92 Å². The zero-order valence-electron chi connectivity index (χ0n) is 8.05. The number of amides is 1. The minimum Gasteiger partial charge on any atom is -0.338 e. The molecular weight excluding hydrogens is 154 g/mol. The van der Waals surface area contributed by atoms with E-state index >= 15 is 0 Å². The number of hydrogen-bond donors (Lipinski definition) is 0. The summed E-state index contributed by atoms with van der Waals surface area (Å²) in [6.45, 7) is 6.05. The Morgan fingerprint density at radius 1 is 1.33 bits per heavy atom. The molecule has 0 aromatic rings. The highest BCUT2D eigenvalue weighted by molar-refractivity contribution is 6.08. The lowest BCUT2D eigenvalue weighted by atomic mass is 9.79. The average Bonchev–Trinajstić information content (AvgIpc) is 2.05. The fraction of sp³-hybridized carbons (Fsp3) is 0.778. The molecule has 0 aromatic carbocycles. The van der Waals surface area contributed by atoms with Crippen LogP contribution >= 0.6 is 0 Å². The molecule has 1 aliphatic rings. The molecule has 1 fully saturated rings. The Hall–Kier alpha value is -0.860. The summed E-state index contributed by atoms with van der Waals surface area (Å²) >= 11 is 0. The molecule has 1 atom stereocenters. The van der Waals surface area contributed by atoms with E-state index in [0.717, 1.165) is 0 Å². The molecule has 3 nitrogen and oxygen atoms in total. The van der Waals surface area contributed by atoms with Gasteiger partial charge in [0, 0.05) is 7.05 Å². The molecule has 68 valence electrons. The van der Waals surface area contributed by atoms with Crippen LogP contribution in [0.2, 0.25) is 0 Å². The van der Waals surface area contributed by atoms with Gasteiger partial charge in [-0.15, -0.1) is 0 Å². The van der Waals surface area contributed by atoms with Crippen molar-refractivity contribution in [1.29, 1.82) is 0 Å². The number of rotatable bonds is 0. The highest BCUT2D eigenvalue weighted by Crippen LogP contribution is 2.31. The Labute approximate surface area is 72.7 Å². The molecule has 1 heterocycles. The van der Waals surface area contributed by atoms with Crippen molar-refractivity contribution >= 4 is 11.7 Å². The quantitative estimate of drug-likeness (QED) is 0.500. The van der Waals surface area contributed by atoms with Gasteiger partial charge in [-0.3, -0.25) is 9.59 Å². The lowest BCUT2D eigenvalue weighted by Gasteiger charge is -2.23. The maximum atomic E-state index is 11.5. The van der Waals surface area contributed by atoms with Crippen molar-refractivity contribution in [1.82, 2.24) is 4.90 Å². The van der Waals surface area contributed by atoms with Crippen molar-refractivity contribution in [2.45, 2.75) is 20.8 Å². The number of likely N-dealkylation sites (tertiary alicyclic amines) is 1. The van der Waals surface area contributed by atoms with Crippen molar-refractivity contribution in [3.8, 4) is 0 Å². The van der Waals surface area contributed by atoms with E-state index in [1.807, 2.05) is 20.8 Å². The lowest BCUT2D eigenvalue weighted by Crippen LogP contribution is -2.32. The lowest BCUT2D eigenvalue weighted by molar-refractivity contribution is -0.135. The SMILES string of the molecule is CN1CC(=O)C(C(C)(C)C)C1=O. The molecule has 0 aromatic heterocycles. The third-order valence-electron chi connectivity index (χ3n) is 2.20. The smallest absolute Gasteiger partial charge is 0.233 e. The zero-order chi connectivity index (χ0) is 9.52. The van der Waals surface area contributed by atoms with Crippen LogP contribution in [0.5, 0.6) is 0 Å². The van der Waals surface area contributed by atoms with Gasteiger partial charge < -0.3 is 4.90 Å². The molecule has 0 radical (unpaired) electrons. The van der Waals surface area contributed by atoms with Gasteiger partial charge >= 0.3 is 0 Å². The van der Waals surface area contributed by atoms with E-state index in [1.54, 1.807) is 7.05 Å². The molecule has 1 saturated heterocycles. The summed E-state index contributed by atoms with van der Waals surface area (Å²) in [7, 11) is 1.67. The number of nitrogens with zero attached hydrogens (tertiary/aromatic N) is 1. The molecule has 1 unspecified atom stereocenters. The Kier molecular flexibility index (Phi) is 1.98. The first-order chi connectivity index (χ1) is 5.34. The number of ketones is 1. The standard InChI is InChI=1S/C9H15NO2/c1-9(2,3)7-6(11)5-10(4)8(7)12/h7H,5H2,1-4H3. The van der Waals surface area contributed by atoms with Crippen molar-refractivity contribution in [2.75, 3.05) is 13.6 Å². The minimum absolute atomic E-state index is 0.0347. The first-order valence-electron chi connectivity index (χ1n) is 4.11. The summed E-state index contributed by atoms with van der Waals surface area (Å²) in [5.41, 5.74) is -0.237. The van der Waals surface area contributed by atoms with E-state index in [-0.39, 0.29) is 23.7 Å². The second kappa shape index (κ2) is 2.57. The van der Waals surface area contributed by atoms with Crippen LogP contribution in [0.15, 0.2) is 0 Å². The summed E-state index contributed by atoms with van der Waals surface area (Å²) < 4.78 is 0. The Bertz CT molecular complexity index is 227. The molecule has 0 N–H and O–H groups in total. The molecular formula is C9H15NO2. The molecule has 0 bridgehead atoms. The van der Waals surface area contributed by atoms with Gasteiger partial charge in [0.05, 0.1) is 6.54 Å². The van der Waals surface area contributed by atoms with E-state index in [9.17, 15) is 9.59 Å². The molecule has 12 heavy (non-hydrogen) atoms. The number of hydrogen-bond acceptors (Lipinski definition) is 2. The number of carbonyl (C=O) groups excluding carboxylic acids is 2. The normalized spacial score (nSPS) is 25.3. The van der Waals surface area contributed by atoms with Crippen LogP contribution in [0.1, 0.15) is 20.8 Å². The Balaban J connectivity index is 2.92. The van der Waals surface area contributed by atoms with Gasteiger partial charge in [0.15, 0.2) is 5.78 Å². The third kappa shape index (κ3) is 1.36. The van der Waals surface area contributed by atoms with E-state index < -0.39 is 5.92 Å². The zero-order valence-corrected chi connectivity index (χ0v) is 8.05. The van der Waals surface area contributed by atoms with Crippen LogP contribution in [-0.4, -0.2) is 30.2 Å². The topological polar surface area (TPSA) is 37.4 Å². The Morgan fingerprint density at radius 2 is 1.83 bits per heavy atom. The highest BCUT2D eigenvalue weighted by atomic mass is 16.2. The largest absolute Gasteiger partial charge is 0.338 e. The number of likely N-dealkylation sites (N-methyl/N-ethyl adjacent to an activating group) is 1. The van der Waals surface area contributed by atoms with Crippen LogP contribution in [0.25, 0.3) is 0 Å². The monoisotopic (exact) mass is 169 g/mol. The minimum atomic E-state index is -0.428. The number of carbonyl (C=O) groups is 2. The summed E-state index contributed by atoms with van der Waals surface area (Å²) in [4.78, 5) is 24.3. The van der Waals surface area contributed by atoms with Crippen LogP contribution in [0, 0.1) is 11.3 Å². The van der Waals surface area contributed by atoms with E-state index in [2.05, 4.69) is 0 Å². The second-order valence-corrected chi connectivity index (χ2v) is 4.46. The summed E-state index contributed by atoms with van der Waals surface area (Å²) in [5.74, 6) is -0.412. The van der Waals surface area contributed by atoms with E-state index in [0.29, 0.717) is 0 Å². The van der Waals surface area contributed by atoms with Gasteiger partial charge in [0.2, 0.25) is 5.91 Å². The van der Waals surface area contributed by atoms with Gasteiger partial charge in [-0.05, 0) is 5.41 Å². The molecule has 1 aliphatic heterocycles. The van der Waals surface area contributed by atoms with Crippen LogP contribution in [-0.2, 0) is 9.59 Å². The molecule has 0 saturated carbocycles. The summed E-state index contributed by atoms with van der Waals surface area (Å²) in [6.07, 6.45) is 0. The van der Waals surface area contributed by atoms with Crippen molar-refractivity contribution < 1.29 is 9.59 Å². The Morgan fingerprint density at radius 3 is 2.00 bits per heavy atom. The second-order valence-electron chi connectivity index (χ2n) is 4.46. The maximum Gasteiger partial charge on any atom is 0.233 e. The highest BCUT2D eigenvalue weighted by Gasteiger charge is 2.44. The predicted molar refractivity (Wildman–Crippen MR) is 45.6 cm³/mol. The van der Waals surface area contributed by atoms with Gasteiger partial charge in [0.25, 0.3) is 0 Å². The van der Waals surface area contributed by atoms with E-state index in [4.69, 9.17) is 0 Å². The van der Waals surface area contributed by atoms with Crippen molar-refractivity contribution in [3.05, 3.63) is 0 Å². The predicted octanol–water partition coefficient (Wildman–Crippen LogP) is 0.690. The summed E-state index contributed by atoms with van der Waals surface area (Å²) in [5, 5.41) is 0. The van der Waals surface area contributed by atoms with Crippen LogP contribution in [0.3, 0.4) is 0 Å². The number of Topliss-reactive ketones (excluding diaryl/α,β-unsaturated/α-hetero) is 1. The first-order valence-corrected chi connectivity index (χ1v) is 4.11. The van der Waals surface area contributed by atoms with Gasteiger partial charge in [-0.25, -0.2) is 0 Å². The fourth-order valence-electron chi connectivity index (χ4n) is 1.61. The summed E-state index contributed by atoms with van der Waals surface area (Å²) in [6, 6.07) is 0. The molecule has 1 amide bonds. The maximum absolute atomic E-state index is 11.5. The average molecular weight is 169 g/mol. The third-order valence-corrected chi connectivity index (χ3v) is 2.20. The van der Waals surface area contributed by atoms with Crippen LogP contribution in [0.4, 0.5) is 0 Å². The molecule has 3 heteroatoms. The first kappa shape index (κ1) is 9.23. The van der Waals surface area contributed by atoms with Crippen LogP contribution < -0.4 is 0 Å². The van der Waals surface area contributed by atoms with Gasteiger partial charge in [-0.2, -0.15) is 0 Å². The van der Waals surface area contributed by atoms with Crippen molar-refractivity contribution in [3.63, 3.8) is 0 Å². The fourth-order valence-corrected chi connectivity index (χ4v) is 1.61. The van der Waals surface area contributed by atoms with E-state index in [1.165, 1.54) is 4.90 Å². The molecule has 1 rings (SSSR count). The van der Waals surface area contributed by atoms with Gasteiger partial charge in [-0.1, -0.05) is 20.8 Å². The molecule has 0 aliphatic carbocycles.